The van der Waals surface area contributed by atoms with Crippen LogP contribution in [0.25, 0.3) is 0 Å². The van der Waals surface area contributed by atoms with Crippen LogP contribution in [0.5, 0.6) is 0 Å². The summed E-state index contributed by atoms with van der Waals surface area (Å²) < 4.78 is 3.01. The van der Waals surface area contributed by atoms with Crippen molar-refractivity contribution in [3.05, 3.63) is 0 Å². The molecule has 0 fully saturated rings. The Bertz CT molecular complexity index is 923. The normalized spacial score (nSPS) is 12.0. The number of nitrogens with one attached hydrogen (secondary N) is 1. The molecule has 0 atom stereocenters. The molecule has 0 amide bonds. The molecule has 1 N–H and O–H groups in total. The SMILES string of the molecule is CNS(=S)(=S)SSSSSSSSSSSSSSSSSSSSSSSSSSSSSSSSSSSSSSSSSSSSSSSSSSSSSSSSSSSS. The minimum atomic E-state index is -1.55. The standard InChI is InChI=1S/CH5NS63/c1-2-65(4,5)64-63-62-61-60-59-58-57-56-55-54-53-52-51-50-49-48-47-46-45-44-43-42-41-40-39-38-37-36-35-34-33-32-31-30-29-28-27-26-25-24-23-22-21-20-19-18-17-16-15-14-13-12-11-10-9-8-7-6-3/h2-3H,1H3. The van der Waals surface area contributed by atoms with E-state index in [0.717, 1.165) is 0 Å². The smallest absolute Gasteiger partial charge is 0.0283 e. The lowest BCUT2D eigenvalue weighted by Crippen LogP contribution is -2.09. The van der Waals surface area contributed by atoms with Crippen molar-refractivity contribution < 1.29 is 0 Å². The number of thiol groups is 1. The highest BCUT2D eigenvalue weighted by molar-refractivity contribution is 9.64. The Labute approximate surface area is 614 Å². The van der Waals surface area contributed by atoms with Gasteiger partial charge < -0.3 is 0 Å². The minimum Gasteiger partial charge on any atom is -0.252 e. The molecule has 64 heteroatoms. The Morgan fingerprint density at radius 1 is 0.215 bits per heavy atom. The van der Waals surface area contributed by atoms with E-state index in [0.29, 0.717) is 0 Å². The lowest BCUT2D eigenvalue weighted by molar-refractivity contribution is 1.31. The summed E-state index contributed by atoms with van der Waals surface area (Å²) in [5.41, 5.74) is 0. The maximum absolute atomic E-state index is 5.28. The van der Waals surface area contributed by atoms with Crippen molar-refractivity contribution in [2.45, 2.75) is 0 Å². The molecular weight excluding hydrogens is 2050 g/mol. The fourth-order valence-corrected chi connectivity index (χ4v) is 165. The Balaban J connectivity index is 3.08. The van der Waals surface area contributed by atoms with Gasteiger partial charge in [0.15, 0.2) is 0 Å². The number of hydrogen-bond acceptors (Lipinski definition) is 62. The van der Waals surface area contributed by atoms with Gasteiger partial charge in [0.2, 0.25) is 0 Å². The maximum Gasteiger partial charge on any atom is 0.0283 e. The third-order valence-corrected chi connectivity index (χ3v) is 138. The zero-order valence-electron chi connectivity index (χ0n) is 27.3. The number of rotatable bonds is 60. The first-order valence-electron chi connectivity index (χ1n) is 11.1. The maximum atomic E-state index is 5.28. The van der Waals surface area contributed by atoms with Crippen molar-refractivity contribution in [2.75, 3.05) is 7.05 Å². The third kappa shape index (κ3) is 81.8. The molecule has 1 nitrogen and oxygen atoms in total. The molecular formula is CH5NS63. The van der Waals surface area contributed by atoms with Crippen LogP contribution in [0.15, 0.2) is 0 Å². The molecule has 0 unspecified atom stereocenters. The van der Waals surface area contributed by atoms with Crippen LogP contribution in [0.2, 0.25) is 0 Å². The molecule has 0 saturated heterocycles. The van der Waals surface area contributed by atoms with Crippen molar-refractivity contribution in [3.63, 3.8) is 0 Å². The summed E-state index contributed by atoms with van der Waals surface area (Å²) in [6, 6.07) is 0. The average molecular weight is 2050 g/mol. The van der Waals surface area contributed by atoms with Gasteiger partial charge in [-0.25, -0.2) is 0 Å². The summed E-state index contributed by atoms with van der Waals surface area (Å²) in [4.78, 5) is 0. The molecule has 0 rings (SSSR count). The van der Waals surface area contributed by atoms with Crippen LogP contribution in [-0.4, -0.2) is 7.05 Å². The molecule has 0 aromatic heterocycles. The van der Waals surface area contributed by atoms with Gasteiger partial charge in [0.1, 0.15) is 0 Å². The van der Waals surface area contributed by atoms with Gasteiger partial charge in [-0.2, -0.15) is 0 Å². The zero-order valence-corrected chi connectivity index (χ0v) is 78.8. The van der Waals surface area contributed by atoms with Crippen molar-refractivity contribution in [1.82, 2.24) is 4.72 Å². The van der Waals surface area contributed by atoms with E-state index in [2.05, 4.69) is 16.4 Å². The zero-order chi connectivity index (χ0) is 46.9. The van der Waals surface area contributed by atoms with Crippen LogP contribution >= 0.6 is 591 Å². The van der Waals surface area contributed by atoms with Crippen molar-refractivity contribution in [1.29, 1.82) is 0 Å². The molecule has 0 aliphatic heterocycles. The summed E-state index contributed by atoms with van der Waals surface area (Å²) in [5, 5.41) is 0. The second-order valence-corrected chi connectivity index (χ2v) is 117. The summed E-state index contributed by atoms with van der Waals surface area (Å²) in [5.74, 6) is 0. The Kier molecular flexibility index (Phi) is 107. The molecule has 0 spiro atoms. The van der Waals surface area contributed by atoms with E-state index >= 15 is 0 Å². The second kappa shape index (κ2) is 80.0. The summed E-state index contributed by atoms with van der Waals surface area (Å²) in [7, 11) is 108. The highest BCUT2D eigenvalue weighted by Crippen LogP contribution is 2.70. The topological polar surface area (TPSA) is 12.0 Å². The van der Waals surface area contributed by atoms with Crippen LogP contribution in [0.3, 0.4) is 0 Å². The van der Waals surface area contributed by atoms with Gasteiger partial charge in [-0.1, -0.05) is 11.7 Å². The average Bonchev–Trinajstić information content (AvgIpc) is 3.31. The monoisotopic (exact) mass is 2050 g/mol. The van der Waals surface area contributed by atoms with E-state index in [1.165, 1.54) is 9.83 Å². The van der Waals surface area contributed by atoms with Gasteiger partial charge in [0.25, 0.3) is 0 Å². The van der Waals surface area contributed by atoms with E-state index < -0.39 is 6.36 Å². The Morgan fingerprint density at radius 2 is 0.323 bits per heavy atom. The largest absolute Gasteiger partial charge is 0.252 e. The van der Waals surface area contributed by atoms with Crippen LogP contribution in [0, 0.1) is 0 Å². The molecule has 0 heterocycles. The molecule has 0 saturated carbocycles. The molecule has 0 aromatic rings. The van der Waals surface area contributed by atoms with E-state index in [4.69, 9.17) is 22.4 Å². The molecule has 0 bridgehead atoms. The number of hydrogen-bond donors (Lipinski definition) is 2. The highest BCUT2D eigenvalue weighted by atomic mass is 34.1. The van der Waals surface area contributed by atoms with Gasteiger partial charge in [0, 0.05) is 507 Å². The minimum absolute atomic E-state index is 1.49. The van der Waals surface area contributed by atoms with Gasteiger partial charge in [-0.15, -0.1) is 0 Å². The van der Waals surface area contributed by atoms with Gasteiger partial charge >= 0.3 is 0 Å². The fourth-order valence-electron chi connectivity index (χ4n) is 0.718. The highest BCUT2D eigenvalue weighted by Gasteiger charge is 2.06. The van der Waals surface area contributed by atoms with Crippen molar-refractivity contribution >= 4 is 620 Å². The Morgan fingerprint density at radius 3 is 0.431 bits per heavy atom. The van der Waals surface area contributed by atoms with E-state index in [9.17, 15) is 0 Å². The van der Waals surface area contributed by atoms with E-state index in [1.54, 1.807) is 138 Å². The summed E-state index contributed by atoms with van der Waals surface area (Å²) in [6.07, 6.45) is -1.55. The summed E-state index contributed by atoms with van der Waals surface area (Å²) >= 11 is 14.7. The fraction of sp³-hybridized carbons (Fsp3) is 1.00. The van der Waals surface area contributed by atoms with Gasteiger partial charge in [0.05, 0.1) is 0 Å². The van der Waals surface area contributed by atoms with Crippen LogP contribution in [0.4, 0.5) is 0 Å². The molecule has 0 aromatic carbocycles. The lowest BCUT2D eigenvalue weighted by atomic mass is 11.6. The first-order valence-corrected chi connectivity index (χ1v) is 94.3. The Hall–Kier alpha value is 21.8. The van der Waals surface area contributed by atoms with Crippen LogP contribution in [-0.2, 0) is 28.7 Å². The molecule has 0 aliphatic rings. The third-order valence-electron chi connectivity index (χ3n) is 1.95. The predicted molar refractivity (Wildman–Crippen MR) is 488 cm³/mol. The van der Waals surface area contributed by atoms with E-state index in [1.807, 2.05) is 439 Å². The first kappa shape index (κ1) is 86.8. The molecule has 65 heavy (non-hydrogen) atoms. The first-order chi connectivity index (χ1) is 32.1. The quantitative estimate of drug-likeness (QED) is 0.0340. The van der Waals surface area contributed by atoms with Crippen LogP contribution < -0.4 is 4.72 Å². The molecule has 0 aliphatic carbocycles. The van der Waals surface area contributed by atoms with Gasteiger partial charge in [-0.05, 0) is 108 Å². The predicted octanol–water partition coefficient (Wildman–Crippen LogP) is 38.3. The van der Waals surface area contributed by atoms with Crippen LogP contribution in [0.1, 0.15) is 0 Å². The second-order valence-electron chi connectivity index (χ2n) is 4.68. The molecule has 392 valence electrons. The van der Waals surface area contributed by atoms with Gasteiger partial charge in [-0.3, -0.25) is 4.72 Å². The van der Waals surface area contributed by atoms with Crippen molar-refractivity contribution in [3.8, 4) is 0 Å². The summed E-state index contributed by atoms with van der Waals surface area (Å²) in [6.45, 7) is 0. The lowest BCUT2D eigenvalue weighted by Gasteiger charge is -2.04. The molecule has 0 radical (unpaired) electrons. The van der Waals surface area contributed by atoms with Crippen molar-refractivity contribution in [2.24, 2.45) is 0 Å². The van der Waals surface area contributed by atoms with E-state index in [-0.39, 0.29) is 0 Å².